The topological polar surface area (TPSA) is 102 Å². The number of nitrogens with two attached hydrogens (primary N) is 1. The molecule has 0 atom stereocenters. The van der Waals surface area contributed by atoms with Crippen LogP contribution in [0.4, 0.5) is 0 Å². The molecule has 1 heterocycles. The van der Waals surface area contributed by atoms with Crippen molar-refractivity contribution in [1.29, 1.82) is 0 Å². The maximum absolute atomic E-state index is 12.1. The highest BCUT2D eigenvalue weighted by atomic mass is 32.2. The number of hydrogen-bond acceptors (Lipinski definition) is 4. The van der Waals surface area contributed by atoms with Crippen LogP contribution in [0.3, 0.4) is 0 Å². The van der Waals surface area contributed by atoms with Crippen LogP contribution in [0, 0.1) is 17.8 Å². The number of nitrogens with one attached hydrogen (secondary N) is 1. The summed E-state index contributed by atoms with van der Waals surface area (Å²) < 4.78 is 27.8. The summed E-state index contributed by atoms with van der Waals surface area (Å²) in [6.07, 6.45) is 0. The lowest BCUT2D eigenvalue weighted by atomic mass is 10.0. The summed E-state index contributed by atoms with van der Waals surface area (Å²) >= 11 is 0. The summed E-state index contributed by atoms with van der Waals surface area (Å²) in [5.41, 5.74) is -0.0137. The average Bonchev–Trinajstić information content (AvgIpc) is 2.64. The minimum atomic E-state index is -3.88. The summed E-state index contributed by atoms with van der Waals surface area (Å²) in [5, 5.41) is 7.93. The van der Waals surface area contributed by atoms with E-state index in [1.54, 1.807) is 0 Å². The quantitative estimate of drug-likeness (QED) is 0.880. The molecule has 3 N–H and O–H groups in total. The van der Waals surface area contributed by atoms with Crippen molar-refractivity contribution < 1.29 is 17.6 Å². The SMILES string of the molecule is Cc1oc(C(=O)NC2C(C)(C)C2(C)C)cc1S(N)(=O)=O. The fourth-order valence-corrected chi connectivity index (χ4v) is 3.33. The van der Waals surface area contributed by atoms with Gasteiger partial charge in [0.1, 0.15) is 10.7 Å². The Morgan fingerprint density at radius 3 is 2.15 bits per heavy atom. The van der Waals surface area contributed by atoms with E-state index in [-0.39, 0.29) is 33.3 Å². The maximum Gasteiger partial charge on any atom is 0.287 e. The molecule has 1 fully saturated rings. The molecule has 0 spiro atoms. The molecule has 1 aliphatic carbocycles. The second-order valence-electron chi connectivity index (χ2n) is 6.43. The Hall–Kier alpha value is -1.34. The highest BCUT2D eigenvalue weighted by Crippen LogP contribution is 2.62. The molecule has 1 aromatic rings. The minimum Gasteiger partial charge on any atom is -0.455 e. The monoisotopic (exact) mass is 300 g/mol. The Morgan fingerprint density at radius 1 is 1.30 bits per heavy atom. The highest BCUT2D eigenvalue weighted by Gasteiger charge is 2.65. The van der Waals surface area contributed by atoms with Crippen molar-refractivity contribution >= 4 is 15.9 Å². The van der Waals surface area contributed by atoms with Crippen LogP contribution in [0.1, 0.15) is 44.0 Å². The fourth-order valence-electron chi connectivity index (χ4n) is 2.62. The van der Waals surface area contributed by atoms with Crippen LogP contribution in [0.25, 0.3) is 0 Å². The van der Waals surface area contributed by atoms with E-state index < -0.39 is 15.9 Å². The Morgan fingerprint density at radius 2 is 1.80 bits per heavy atom. The third kappa shape index (κ3) is 2.14. The predicted octanol–water partition coefficient (Wildman–Crippen LogP) is 1.40. The molecule has 1 saturated carbocycles. The van der Waals surface area contributed by atoms with Gasteiger partial charge in [-0.2, -0.15) is 0 Å². The van der Waals surface area contributed by atoms with Crippen molar-refractivity contribution in [1.82, 2.24) is 5.32 Å². The zero-order chi connectivity index (χ0) is 15.5. The van der Waals surface area contributed by atoms with Gasteiger partial charge in [-0.25, -0.2) is 13.6 Å². The highest BCUT2D eigenvalue weighted by molar-refractivity contribution is 7.89. The van der Waals surface area contributed by atoms with Crippen LogP contribution in [-0.4, -0.2) is 20.4 Å². The number of primary sulfonamides is 1. The number of carbonyl (C=O) groups excluding carboxylic acids is 1. The molecule has 1 amide bonds. The first-order valence-electron chi connectivity index (χ1n) is 6.33. The van der Waals surface area contributed by atoms with Crippen LogP contribution in [0.2, 0.25) is 0 Å². The van der Waals surface area contributed by atoms with Gasteiger partial charge >= 0.3 is 0 Å². The first-order valence-corrected chi connectivity index (χ1v) is 7.88. The molecule has 1 aliphatic rings. The molecular weight excluding hydrogens is 280 g/mol. The zero-order valence-electron chi connectivity index (χ0n) is 12.3. The lowest BCUT2D eigenvalue weighted by Gasteiger charge is -2.04. The number of rotatable bonds is 3. The van der Waals surface area contributed by atoms with Crippen LogP contribution in [0.5, 0.6) is 0 Å². The predicted molar refractivity (Wildman–Crippen MR) is 73.6 cm³/mol. The molecule has 0 aliphatic heterocycles. The summed E-state index contributed by atoms with van der Waals surface area (Å²) in [7, 11) is -3.88. The van der Waals surface area contributed by atoms with Gasteiger partial charge in [0, 0.05) is 12.1 Å². The Kier molecular flexibility index (Phi) is 3.07. The molecule has 0 bridgehead atoms. The number of amides is 1. The smallest absolute Gasteiger partial charge is 0.287 e. The second kappa shape index (κ2) is 4.08. The van der Waals surface area contributed by atoms with Gasteiger partial charge in [0.05, 0.1) is 0 Å². The third-order valence-corrected chi connectivity index (χ3v) is 5.72. The van der Waals surface area contributed by atoms with Crippen LogP contribution in [0.15, 0.2) is 15.4 Å². The largest absolute Gasteiger partial charge is 0.455 e. The molecule has 0 unspecified atom stereocenters. The number of carbonyl (C=O) groups is 1. The van der Waals surface area contributed by atoms with E-state index in [2.05, 4.69) is 33.0 Å². The van der Waals surface area contributed by atoms with Gasteiger partial charge in [-0.05, 0) is 17.8 Å². The molecule has 6 nitrogen and oxygen atoms in total. The van der Waals surface area contributed by atoms with Gasteiger partial charge in [0.2, 0.25) is 10.0 Å². The molecule has 20 heavy (non-hydrogen) atoms. The van der Waals surface area contributed by atoms with Gasteiger partial charge < -0.3 is 9.73 Å². The molecule has 0 aromatic carbocycles. The van der Waals surface area contributed by atoms with Gasteiger partial charge in [0.15, 0.2) is 5.76 Å². The molecule has 1 aromatic heterocycles. The molecule has 2 rings (SSSR count). The van der Waals surface area contributed by atoms with Crippen molar-refractivity contribution in [3.8, 4) is 0 Å². The van der Waals surface area contributed by atoms with E-state index in [4.69, 9.17) is 9.56 Å². The summed E-state index contributed by atoms with van der Waals surface area (Å²) in [6, 6.07) is 1.19. The Bertz CT molecular complexity index is 657. The molecule has 0 radical (unpaired) electrons. The average molecular weight is 300 g/mol. The van der Waals surface area contributed by atoms with Crippen molar-refractivity contribution in [2.75, 3.05) is 0 Å². The zero-order valence-corrected chi connectivity index (χ0v) is 13.1. The number of aryl methyl sites for hydroxylation is 1. The van der Waals surface area contributed by atoms with E-state index in [9.17, 15) is 13.2 Å². The first-order chi connectivity index (χ1) is 8.89. The van der Waals surface area contributed by atoms with Gasteiger partial charge in [-0.1, -0.05) is 27.7 Å². The number of furan rings is 1. The molecule has 0 saturated heterocycles. The van der Waals surface area contributed by atoms with Crippen LogP contribution < -0.4 is 10.5 Å². The Labute approximate surface area is 118 Å². The van der Waals surface area contributed by atoms with Gasteiger partial charge in [-0.3, -0.25) is 4.79 Å². The van der Waals surface area contributed by atoms with Crippen molar-refractivity contribution in [2.24, 2.45) is 16.0 Å². The van der Waals surface area contributed by atoms with E-state index in [0.717, 1.165) is 0 Å². The van der Waals surface area contributed by atoms with E-state index in [1.165, 1.54) is 13.0 Å². The van der Waals surface area contributed by atoms with E-state index in [0.29, 0.717) is 0 Å². The summed E-state index contributed by atoms with van der Waals surface area (Å²) in [4.78, 5) is 12.0. The normalized spacial score (nSPS) is 20.7. The van der Waals surface area contributed by atoms with E-state index in [1.807, 2.05) is 0 Å². The summed E-state index contributed by atoms with van der Waals surface area (Å²) in [5.74, 6) is -0.344. The Balaban J connectivity index is 2.21. The van der Waals surface area contributed by atoms with Crippen molar-refractivity contribution in [3.63, 3.8) is 0 Å². The second-order valence-corrected chi connectivity index (χ2v) is 7.96. The first kappa shape index (κ1) is 15.1. The minimum absolute atomic E-state index is 0.00687. The van der Waals surface area contributed by atoms with Crippen LogP contribution in [-0.2, 0) is 10.0 Å². The molecule has 7 heteroatoms. The number of hydrogen-bond donors (Lipinski definition) is 2. The lowest BCUT2D eigenvalue weighted by molar-refractivity contribution is 0.0914. The van der Waals surface area contributed by atoms with E-state index >= 15 is 0 Å². The maximum atomic E-state index is 12.1. The molecule has 112 valence electrons. The fraction of sp³-hybridized carbons (Fsp3) is 0.615. The summed E-state index contributed by atoms with van der Waals surface area (Å²) in [6.45, 7) is 9.74. The number of sulfonamides is 1. The standard InChI is InChI=1S/C13H20N2O4S/c1-7-9(20(14,17)18)6-8(19-7)10(16)15-11-12(2,3)13(11,4)5/h6,11H,1-5H3,(H,15,16)(H2,14,17,18). The van der Waals surface area contributed by atoms with Crippen molar-refractivity contribution in [2.45, 2.75) is 45.6 Å². The third-order valence-electron chi connectivity index (χ3n) is 4.70. The van der Waals surface area contributed by atoms with Crippen LogP contribution >= 0.6 is 0 Å². The lowest BCUT2D eigenvalue weighted by Crippen LogP contribution is -2.29. The molecular formula is C13H20N2O4S. The van der Waals surface area contributed by atoms with Gasteiger partial charge in [-0.15, -0.1) is 0 Å². The van der Waals surface area contributed by atoms with Gasteiger partial charge in [0.25, 0.3) is 5.91 Å². The van der Waals surface area contributed by atoms with Crippen molar-refractivity contribution in [3.05, 3.63) is 17.6 Å².